The normalized spacial score (nSPS) is 18.6. The molecule has 2 aromatic rings. The van der Waals surface area contributed by atoms with Gasteiger partial charge in [0, 0.05) is 42.9 Å². The SMILES string of the molecule is CC[C@H](C)c1nc(N2CCN(C(=O)C(C)C)CC2)c2c3c(sc2n1)CCCC3. The van der Waals surface area contributed by atoms with Crippen molar-refractivity contribution in [3.8, 4) is 0 Å². The van der Waals surface area contributed by atoms with Crippen LogP contribution in [0.1, 0.15) is 69.1 Å². The molecule has 0 bridgehead atoms. The summed E-state index contributed by atoms with van der Waals surface area (Å²) in [6.45, 7) is 11.7. The van der Waals surface area contributed by atoms with Crippen molar-refractivity contribution in [2.24, 2.45) is 5.92 Å². The Labute approximate surface area is 172 Å². The molecular weight excluding hydrogens is 368 g/mol. The van der Waals surface area contributed by atoms with Crippen LogP contribution in [0, 0.1) is 5.92 Å². The largest absolute Gasteiger partial charge is 0.352 e. The van der Waals surface area contributed by atoms with E-state index >= 15 is 0 Å². The van der Waals surface area contributed by atoms with Gasteiger partial charge in [-0.25, -0.2) is 9.97 Å². The molecule has 0 aromatic carbocycles. The van der Waals surface area contributed by atoms with Crippen LogP contribution in [0.15, 0.2) is 0 Å². The van der Waals surface area contributed by atoms with Gasteiger partial charge in [0.05, 0.1) is 5.39 Å². The van der Waals surface area contributed by atoms with Gasteiger partial charge in [-0.3, -0.25) is 4.79 Å². The first kappa shape index (κ1) is 19.6. The van der Waals surface area contributed by atoms with Crippen molar-refractivity contribution >= 4 is 33.3 Å². The average molecular weight is 401 g/mol. The Morgan fingerprint density at radius 2 is 1.79 bits per heavy atom. The summed E-state index contributed by atoms with van der Waals surface area (Å²) in [6.07, 6.45) is 5.94. The van der Waals surface area contributed by atoms with Crippen LogP contribution < -0.4 is 4.90 Å². The Kier molecular flexibility index (Phi) is 5.59. The molecule has 5 nitrogen and oxygen atoms in total. The minimum atomic E-state index is 0.0678. The number of anilines is 1. The topological polar surface area (TPSA) is 49.3 Å². The lowest BCUT2D eigenvalue weighted by atomic mass is 9.96. The number of carbonyl (C=O) groups excluding carboxylic acids is 1. The Bertz CT molecular complexity index is 867. The van der Waals surface area contributed by atoms with E-state index in [0.717, 1.165) is 50.7 Å². The van der Waals surface area contributed by atoms with E-state index in [1.165, 1.54) is 39.9 Å². The van der Waals surface area contributed by atoms with Crippen molar-refractivity contribution in [2.45, 2.75) is 65.7 Å². The summed E-state index contributed by atoms with van der Waals surface area (Å²) in [5, 5.41) is 1.30. The highest BCUT2D eigenvalue weighted by molar-refractivity contribution is 7.19. The van der Waals surface area contributed by atoms with Crippen LogP contribution >= 0.6 is 11.3 Å². The van der Waals surface area contributed by atoms with Crippen LogP contribution in [-0.2, 0) is 17.6 Å². The number of hydrogen-bond acceptors (Lipinski definition) is 5. The lowest BCUT2D eigenvalue weighted by Gasteiger charge is -2.36. The highest BCUT2D eigenvalue weighted by Gasteiger charge is 2.28. The first-order valence-corrected chi connectivity index (χ1v) is 11.7. The second-order valence-electron chi connectivity index (χ2n) is 8.57. The monoisotopic (exact) mass is 400 g/mol. The highest BCUT2D eigenvalue weighted by atomic mass is 32.1. The van der Waals surface area contributed by atoms with Gasteiger partial charge < -0.3 is 9.80 Å². The third-order valence-electron chi connectivity index (χ3n) is 6.25. The lowest BCUT2D eigenvalue weighted by Crippen LogP contribution is -2.50. The molecule has 1 amide bonds. The molecule has 0 N–H and O–H groups in total. The van der Waals surface area contributed by atoms with Crippen molar-refractivity contribution in [3.63, 3.8) is 0 Å². The van der Waals surface area contributed by atoms with E-state index in [-0.39, 0.29) is 11.8 Å². The zero-order valence-electron chi connectivity index (χ0n) is 17.6. The van der Waals surface area contributed by atoms with Gasteiger partial charge in [0.15, 0.2) is 0 Å². The summed E-state index contributed by atoms with van der Waals surface area (Å²) in [4.78, 5) is 29.6. The molecular formula is C22H32N4OS. The molecule has 0 unspecified atom stereocenters. The van der Waals surface area contributed by atoms with Gasteiger partial charge in [-0.1, -0.05) is 27.7 Å². The molecule has 2 aliphatic rings. The van der Waals surface area contributed by atoms with Crippen LogP contribution in [0.2, 0.25) is 0 Å². The third-order valence-corrected chi connectivity index (χ3v) is 7.44. The van der Waals surface area contributed by atoms with E-state index in [1.807, 2.05) is 30.1 Å². The summed E-state index contributed by atoms with van der Waals surface area (Å²) in [7, 11) is 0. The van der Waals surface area contributed by atoms with Gasteiger partial charge in [0.2, 0.25) is 5.91 Å². The highest BCUT2D eigenvalue weighted by Crippen LogP contribution is 2.40. The minimum absolute atomic E-state index is 0.0678. The zero-order chi connectivity index (χ0) is 19.8. The summed E-state index contributed by atoms with van der Waals surface area (Å²) in [6, 6.07) is 0. The van der Waals surface area contributed by atoms with E-state index < -0.39 is 0 Å². The van der Waals surface area contributed by atoms with Crippen molar-refractivity contribution in [1.82, 2.24) is 14.9 Å². The maximum atomic E-state index is 12.4. The number of rotatable bonds is 4. The molecule has 28 heavy (non-hydrogen) atoms. The molecule has 4 rings (SSSR count). The molecule has 3 heterocycles. The maximum Gasteiger partial charge on any atom is 0.225 e. The van der Waals surface area contributed by atoms with Gasteiger partial charge in [0.1, 0.15) is 16.5 Å². The fraction of sp³-hybridized carbons (Fsp3) is 0.682. The number of nitrogens with zero attached hydrogens (tertiary/aromatic N) is 4. The molecule has 152 valence electrons. The molecule has 1 saturated heterocycles. The van der Waals surface area contributed by atoms with Crippen LogP contribution in [0.4, 0.5) is 5.82 Å². The number of piperazine rings is 1. The number of hydrogen-bond donors (Lipinski definition) is 0. The lowest BCUT2D eigenvalue weighted by molar-refractivity contribution is -0.134. The summed E-state index contributed by atoms with van der Waals surface area (Å²) >= 11 is 1.89. The van der Waals surface area contributed by atoms with E-state index in [9.17, 15) is 4.79 Å². The summed E-state index contributed by atoms with van der Waals surface area (Å²) < 4.78 is 0. The van der Waals surface area contributed by atoms with Crippen molar-refractivity contribution in [3.05, 3.63) is 16.3 Å². The third kappa shape index (κ3) is 3.51. The average Bonchev–Trinajstić information content (AvgIpc) is 3.10. The Balaban J connectivity index is 1.71. The first-order chi connectivity index (χ1) is 13.5. The van der Waals surface area contributed by atoms with Gasteiger partial charge in [-0.15, -0.1) is 11.3 Å². The summed E-state index contributed by atoms with van der Waals surface area (Å²) in [5.74, 6) is 2.80. The van der Waals surface area contributed by atoms with Crippen molar-refractivity contribution in [2.75, 3.05) is 31.1 Å². The van der Waals surface area contributed by atoms with E-state index in [2.05, 4.69) is 18.7 Å². The Morgan fingerprint density at radius 1 is 1.07 bits per heavy atom. The molecule has 1 fully saturated rings. The number of aromatic nitrogens is 2. The van der Waals surface area contributed by atoms with Crippen LogP contribution in [0.5, 0.6) is 0 Å². The Hall–Kier alpha value is -1.69. The smallest absolute Gasteiger partial charge is 0.225 e. The summed E-state index contributed by atoms with van der Waals surface area (Å²) in [5.41, 5.74) is 1.50. The van der Waals surface area contributed by atoms with Crippen LogP contribution in [0.25, 0.3) is 10.2 Å². The molecule has 0 spiro atoms. The van der Waals surface area contributed by atoms with Crippen molar-refractivity contribution in [1.29, 1.82) is 0 Å². The standard InChI is InChI=1S/C22H32N4OS/c1-5-15(4)19-23-20(25-10-12-26(13-11-25)22(27)14(2)3)18-16-8-6-7-9-17(16)28-21(18)24-19/h14-15H,5-13H2,1-4H3/t15-/m0/s1. The predicted octanol–water partition coefficient (Wildman–Crippen LogP) is 4.39. The number of fused-ring (bicyclic) bond motifs is 3. The number of thiophene rings is 1. The predicted molar refractivity (Wildman–Crippen MR) is 116 cm³/mol. The van der Waals surface area contributed by atoms with Crippen LogP contribution in [0.3, 0.4) is 0 Å². The van der Waals surface area contributed by atoms with Gasteiger partial charge >= 0.3 is 0 Å². The Morgan fingerprint density at radius 3 is 2.46 bits per heavy atom. The second kappa shape index (κ2) is 7.97. The maximum absolute atomic E-state index is 12.4. The fourth-order valence-corrected chi connectivity index (χ4v) is 5.55. The first-order valence-electron chi connectivity index (χ1n) is 10.9. The molecule has 1 aliphatic heterocycles. The molecule has 2 aromatic heterocycles. The van der Waals surface area contributed by atoms with Gasteiger partial charge in [-0.05, 0) is 37.7 Å². The van der Waals surface area contributed by atoms with E-state index in [4.69, 9.17) is 9.97 Å². The molecule has 1 atom stereocenters. The quantitative estimate of drug-likeness (QED) is 0.764. The van der Waals surface area contributed by atoms with Crippen LogP contribution in [-0.4, -0.2) is 47.0 Å². The van der Waals surface area contributed by atoms with E-state index in [0.29, 0.717) is 5.92 Å². The molecule has 0 radical (unpaired) electrons. The molecule has 6 heteroatoms. The fourth-order valence-electron chi connectivity index (χ4n) is 4.29. The molecule has 1 aliphatic carbocycles. The minimum Gasteiger partial charge on any atom is -0.352 e. The number of amides is 1. The number of aryl methyl sites for hydroxylation is 2. The van der Waals surface area contributed by atoms with Crippen molar-refractivity contribution < 1.29 is 4.79 Å². The van der Waals surface area contributed by atoms with Gasteiger partial charge in [-0.2, -0.15) is 0 Å². The van der Waals surface area contributed by atoms with E-state index in [1.54, 1.807) is 0 Å². The second-order valence-corrected chi connectivity index (χ2v) is 9.66. The zero-order valence-corrected chi connectivity index (χ0v) is 18.4. The number of carbonyl (C=O) groups is 1. The molecule has 0 saturated carbocycles. The van der Waals surface area contributed by atoms with Gasteiger partial charge in [0.25, 0.3) is 0 Å².